The van der Waals surface area contributed by atoms with E-state index < -0.39 is 27.5 Å². The Morgan fingerprint density at radius 1 is 1.10 bits per heavy atom. The number of nitrogens with zero attached hydrogens (tertiary/aromatic N) is 2. The van der Waals surface area contributed by atoms with Gasteiger partial charge in [0.25, 0.3) is 0 Å². The Bertz CT molecular complexity index is 1130. The lowest BCUT2D eigenvalue weighted by atomic mass is 10.1. The molecule has 0 unspecified atom stereocenters. The number of benzene rings is 2. The third kappa shape index (κ3) is 6.16. The molecule has 0 saturated heterocycles. The minimum Gasteiger partial charge on any atom is -0.478 e. The minimum atomic E-state index is -3.67. The highest BCUT2D eigenvalue weighted by molar-refractivity contribution is 7.91. The number of halogens is 1. The van der Waals surface area contributed by atoms with E-state index in [0.29, 0.717) is 17.6 Å². The molecule has 1 heterocycles. The molecule has 162 valence electrons. The number of hydrogen-bond donors (Lipinski definition) is 1. The lowest BCUT2D eigenvalue weighted by molar-refractivity contribution is -0.138. The highest BCUT2D eigenvalue weighted by Crippen LogP contribution is 2.24. The fourth-order valence-electron chi connectivity index (χ4n) is 2.87. The third-order valence-corrected chi connectivity index (χ3v) is 6.38. The van der Waals surface area contributed by atoms with Crippen LogP contribution in [0.2, 0.25) is 5.02 Å². The van der Waals surface area contributed by atoms with Crippen LogP contribution in [0.5, 0.6) is 0 Å². The van der Waals surface area contributed by atoms with Gasteiger partial charge < -0.3 is 9.84 Å². The molecule has 2 aromatic carbocycles. The van der Waals surface area contributed by atoms with Crippen LogP contribution in [-0.4, -0.2) is 50.1 Å². The Balaban J connectivity index is 1.61. The smallest absolute Gasteiger partial charge is 0.331 e. The summed E-state index contributed by atoms with van der Waals surface area (Å²) in [6.45, 7) is 0.289. The van der Waals surface area contributed by atoms with E-state index in [4.69, 9.17) is 21.4 Å². The minimum absolute atomic E-state index is 0.0921. The molecular formula is C21H19ClN2O6S. The van der Waals surface area contributed by atoms with Crippen molar-refractivity contribution < 1.29 is 27.9 Å². The van der Waals surface area contributed by atoms with E-state index >= 15 is 0 Å². The van der Waals surface area contributed by atoms with Crippen LogP contribution < -0.4 is 5.01 Å². The molecule has 0 bridgehead atoms. The second-order valence-corrected chi connectivity index (χ2v) is 9.12. The largest absolute Gasteiger partial charge is 0.478 e. The van der Waals surface area contributed by atoms with E-state index in [9.17, 15) is 18.0 Å². The van der Waals surface area contributed by atoms with E-state index in [2.05, 4.69) is 5.10 Å². The summed E-state index contributed by atoms with van der Waals surface area (Å²) >= 11 is 5.92. The number of ether oxygens (including phenoxy) is 1. The van der Waals surface area contributed by atoms with E-state index in [1.165, 1.54) is 12.1 Å². The molecule has 0 aliphatic carbocycles. The molecule has 10 heteroatoms. The summed E-state index contributed by atoms with van der Waals surface area (Å²) in [4.78, 5) is 21.7. The van der Waals surface area contributed by atoms with E-state index in [1.54, 1.807) is 29.3 Å². The highest BCUT2D eigenvalue weighted by atomic mass is 35.5. The van der Waals surface area contributed by atoms with E-state index in [1.807, 2.05) is 12.1 Å². The van der Waals surface area contributed by atoms with E-state index in [0.717, 1.165) is 29.5 Å². The van der Waals surface area contributed by atoms with Crippen molar-refractivity contribution in [2.45, 2.75) is 11.3 Å². The fourth-order valence-corrected chi connectivity index (χ4v) is 4.09. The van der Waals surface area contributed by atoms with Crippen molar-refractivity contribution in [1.82, 2.24) is 0 Å². The predicted octanol–water partition coefficient (Wildman–Crippen LogP) is 2.91. The van der Waals surface area contributed by atoms with Gasteiger partial charge in [-0.15, -0.1) is 0 Å². The van der Waals surface area contributed by atoms with Gasteiger partial charge in [0.05, 0.1) is 22.0 Å². The molecule has 0 amide bonds. The summed E-state index contributed by atoms with van der Waals surface area (Å²) in [5.74, 6) is -2.63. The van der Waals surface area contributed by atoms with Crippen LogP contribution in [0.25, 0.3) is 0 Å². The van der Waals surface area contributed by atoms with Crippen LogP contribution in [0.3, 0.4) is 0 Å². The molecule has 0 aromatic heterocycles. The Hall–Kier alpha value is -3.17. The Morgan fingerprint density at radius 2 is 1.77 bits per heavy atom. The quantitative estimate of drug-likeness (QED) is 0.474. The lowest BCUT2D eigenvalue weighted by Crippen LogP contribution is -2.15. The summed E-state index contributed by atoms with van der Waals surface area (Å²) < 4.78 is 29.6. The first-order chi connectivity index (χ1) is 14.7. The fraction of sp³-hybridized carbons (Fsp3) is 0.190. The molecule has 3 rings (SSSR count). The van der Waals surface area contributed by atoms with Gasteiger partial charge in [-0.05, 0) is 42.0 Å². The van der Waals surface area contributed by atoms with Gasteiger partial charge in [0.1, 0.15) is 6.61 Å². The van der Waals surface area contributed by atoms with Crippen molar-refractivity contribution in [2.24, 2.45) is 5.10 Å². The van der Waals surface area contributed by atoms with Gasteiger partial charge in [0.2, 0.25) is 0 Å². The van der Waals surface area contributed by atoms with Gasteiger partial charge in [-0.1, -0.05) is 23.7 Å². The van der Waals surface area contributed by atoms with Crippen LogP contribution >= 0.6 is 11.6 Å². The van der Waals surface area contributed by atoms with Gasteiger partial charge >= 0.3 is 11.9 Å². The zero-order chi connectivity index (χ0) is 22.4. The average molecular weight is 463 g/mol. The molecule has 1 aliphatic heterocycles. The maximum atomic E-state index is 12.4. The number of anilines is 1. The molecule has 1 aliphatic rings. The molecule has 0 atom stereocenters. The van der Waals surface area contributed by atoms with Gasteiger partial charge in [0.15, 0.2) is 9.84 Å². The van der Waals surface area contributed by atoms with Crippen LogP contribution in [0.4, 0.5) is 5.69 Å². The van der Waals surface area contributed by atoms with Crippen molar-refractivity contribution in [2.75, 3.05) is 23.9 Å². The van der Waals surface area contributed by atoms with Crippen LogP contribution in [-0.2, 0) is 24.2 Å². The van der Waals surface area contributed by atoms with Crippen LogP contribution in [0, 0.1) is 0 Å². The summed E-state index contributed by atoms with van der Waals surface area (Å²) in [7, 11) is -3.67. The van der Waals surface area contributed by atoms with Crippen LogP contribution in [0.15, 0.2) is 70.7 Å². The number of rotatable bonds is 8. The number of hydrogen-bond acceptors (Lipinski definition) is 7. The molecule has 2 aromatic rings. The zero-order valence-electron chi connectivity index (χ0n) is 16.3. The maximum absolute atomic E-state index is 12.4. The molecule has 8 nitrogen and oxygen atoms in total. The summed E-state index contributed by atoms with van der Waals surface area (Å²) in [5, 5.41) is 15.5. The number of aliphatic carboxylic acids is 1. The summed E-state index contributed by atoms with van der Waals surface area (Å²) in [5.41, 5.74) is 2.67. The van der Waals surface area contributed by atoms with Gasteiger partial charge in [-0.25, -0.2) is 18.0 Å². The van der Waals surface area contributed by atoms with Crippen molar-refractivity contribution >= 4 is 44.8 Å². The van der Waals surface area contributed by atoms with Crippen LogP contribution in [0.1, 0.15) is 12.0 Å². The first-order valence-corrected chi connectivity index (χ1v) is 11.3. The number of carbonyl (C=O) groups is 2. The van der Waals surface area contributed by atoms with Crippen molar-refractivity contribution in [1.29, 1.82) is 0 Å². The first-order valence-electron chi connectivity index (χ1n) is 9.26. The molecule has 0 spiro atoms. The normalized spacial score (nSPS) is 14.0. The zero-order valence-corrected chi connectivity index (χ0v) is 17.8. The number of hydrazone groups is 1. The standard InChI is InChI=1S/C21H19ClN2O6S/c22-16-3-1-15(2-4-16)19-11-12-24(23-19)17-5-7-18(8-6-17)31(28,29)14-13-30-21(27)10-9-20(25)26/h1-10H,11-14H2,(H,25,26)/b10-9-. The first kappa shape index (κ1) is 22.5. The molecule has 0 saturated carbocycles. The van der Waals surface area contributed by atoms with Gasteiger partial charge in [-0.3, -0.25) is 5.01 Å². The summed E-state index contributed by atoms with van der Waals surface area (Å²) in [6, 6.07) is 13.7. The predicted molar refractivity (Wildman–Crippen MR) is 116 cm³/mol. The second-order valence-electron chi connectivity index (χ2n) is 6.58. The number of carboxylic acids is 1. The van der Waals surface area contributed by atoms with Gasteiger partial charge in [-0.2, -0.15) is 5.10 Å². The highest BCUT2D eigenvalue weighted by Gasteiger charge is 2.19. The molecule has 1 N–H and O–H groups in total. The Morgan fingerprint density at radius 3 is 2.42 bits per heavy atom. The number of esters is 1. The Labute approximate surface area is 184 Å². The lowest BCUT2D eigenvalue weighted by Gasteiger charge is -2.14. The number of carbonyl (C=O) groups excluding carboxylic acids is 1. The van der Waals surface area contributed by atoms with Crippen molar-refractivity contribution in [3.8, 4) is 0 Å². The molecule has 0 fully saturated rings. The average Bonchev–Trinajstić information content (AvgIpc) is 3.23. The summed E-state index contributed by atoms with van der Waals surface area (Å²) in [6.07, 6.45) is 2.09. The molecular weight excluding hydrogens is 444 g/mol. The van der Waals surface area contributed by atoms with Crippen molar-refractivity contribution in [3.05, 3.63) is 71.3 Å². The third-order valence-electron chi connectivity index (χ3n) is 4.43. The Kier molecular flexibility index (Phi) is 7.09. The topological polar surface area (TPSA) is 113 Å². The monoisotopic (exact) mass is 462 g/mol. The maximum Gasteiger partial charge on any atom is 0.331 e. The van der Waals surface area contributed by atoms with Gasteiger partial charge in [0, 0.05) is 30.1 Å². The van der Waals surface area contributed by atoms with E-state index in [-0.39, 0.29) is 11.5 Å². The molecule has 0 radical (unpaired) electrons. The molecule has 31 heavy (non-hydrogen) atoms. The number of carboxylic acid groups (broad SMARTS) is 1. The second kappa shape index (κ2) is 9.76. The van der Waals surface area contributed by atoms with Crippen molar-refractivity contribution in [3.63, 3.8) is 0 Å². The number of sulfone groups is 1. The SMILES string of the molecule is O=C(O)/C=C\C(=O)OCCS(=O)(=O)c1ccc(N2CCC(c3ccc(Cl)cc3)=N2)cc1.